The molecule has 0 aliphatic rings. The largest absolute Gasteiger partial charge is 0.243 e. The lowest BCUT2D eigenvalue weighted by Gasteiger charge is -1.99. The number of fused-ring (bicyclic) bond motifs is 1. The molecular formula is C7H3F2IN2O. The van der Waals surface area contributed by atoms with Crippen LogP contribution in [0.2, 0.25) is 0 Å². The van der Waals surface area contributed by atoms with E-state index in [4.69, 9.17) is 0 Å². The molecule has 2 aromatic rings. The minimum Gasteiger partial charge on any atom is -0.243 e. The molecule has 13 heavy (non-hydrogen) atoms. The average molecular weight is 296 g/mol. The van der Waals surface area contributed by atoms with Gasteiger partial charge in [0.25, 0.3) is 0 Å². The zero-order valence-electron chi connectivity index (χ0n) is 6.44. The fourth-order valence-electron chi connectivity index (χ4n) is 1.05. The summed E-state index contributed by atoms with van der Waals surface area (Å²) in [6.07, 6.45) is 0. The van der Waals surface area contributed by atoms with E-state index in [1.54, 1.807) is 22.6 Å². The van der Waals surface area contributed by atoms with Crippen molar-refractivity contribution < 1.29 is 13.4 Å². The normalized spacial score (nSPS) is 11.1. The average Bonchev–Trinajstić information content (AvgIpc) is 2.59. The highest BCUT2D eigenvalue weighted by Crippen LogP contribution is 2.26. The molecule has 0 aliphatic carbocycles. The molecule has 0 saturated carbocycles. The van der Waals surface area contributed by atoms with E-state index < -0.39 is 11.6 Å². The molecule has 0 atom stereocenters. The second-order valence-electron chi connectivity index (χ2n) is 2.53. The Hall–Kier alpha value is -0.790. The van der Waals surface area contributed by atoms with Crippen LogP contribution in [-0.4, -0.2) is 10.3 Å². The molecule has 2 rings (SSSR count). The third kappa shape index (κ3) is 1.11. The van der Waals surface area contributed by atoms with Crippen LogP contribution in [0, 0.1) is 22.1 Å². The summed E-state index contributed by atoms with van der Waals surface area (Å²) in [5, 5.41) is 6.96. The van der Waals surface area contributed by atoms with Gasteiger partial charge in [0.1, 0.15) is 5.52 Å². The maximum atomic E-state index is 13.1. The zero-order chi connectivity index (χ0) is 9.59. The highest BCUT2D eigenvalue weighted by atomic mass is 127. The van der Waals surface area contributed by atoms with Gasteiger partial charge in [0, 0.05) is 5.56 Å². The molecule has 0 spiro atoms. The molecule has 3 nitrogen and oxygen atoms in total. The molecule has 0 unspecified atom stereocenters. The Morgan fingerprint density at radius 1 is 1.15 bits per heavy atom. The molecule has 0 N–H and O–H groups in total. The number of aryl methyl sites for hydroxylation is 1. The van der Waals surface area contributed by atoms with E-state index >= 15 is 0 Å². The first-order valence-corrected chi connectivity index (χ1v) is 4.46. The van der Waals surface area contributed by atoms with Crippen LogP contribution >= 0.6 is 22.6 Å². The Kier molecular flexibility index (Phi) is 1.94. The molecular weight excluding hydrogens is 293 g/mol. The lowest BCUT2D eigenvalue weighted by atomic mass is 10.2. The van der Waals surface area contributed by atoms with Crippen LogP contribution in [0.3, 0.4) is 0 Å². The first-order chi connectivity index (χ1) is 6.13. The molecule has 0 aliphatic heterocycles. The van der Waals surface area contributed by atoms with Crippen LogP contribution in [0.15, 0.2) is 4.63 Å². The topological polar surface area (TPSA) is 38.9 Å². The fraction of sp³-hybridized carbons (Fsp3) is 0.143. The van der Waals surface area contributed by atoms with Crippen molar-refractivity contribution in [3.05, 3.63) is 20.8 Å². The van der Waals surface area contributed by atoms with Gasteiger partial charge < -0.3 is 0 Å². The van der Waals surface area contributed by atoms with Crippen molar-refractivity contribution in [2.24, 2.45) is 0 Å². The summed E-state index contributed by atoms with van der Waals surface area (Å²) in [4.78, 5) is 0. The Bertz CT molecular complexity index is 441. The summed E-state index contributed by atoms with van der Waals surface area (Å²) < 4.78 is 30.7. The number of hydrogen-bond donors (Lipinski definition) is 0. The molecule has 0 saturated heterocycles. The van der Waals surface area contributed by atoms with Gasteiger partial charge in [-0.05, 0) is 39.8 Å². The second-order valence-corrected chi connectivity index (χ2v) is 3.61. The SMILES string of the molecule is Cc1c(F)c(F)c(I)c2nonc12. The van der Waals surface area contributed by atoms with Crippen molar-refractivity contribution in [1.29, 1.82) is 0 Å². The summed E-state index contributed by atoms with van der Waals surface area (Å²) >= 11 is 1.66. The Balaban J connectivity index is 3.02. The minimum atomic E-state index is -0.902. The smallest absolute Gasteiger partial charge is 0.174 e. The lowest BCUT2D eigenvalue weighted by Crippen LogP contribution is -1.95. The molecule has 1 aromatic heterocycles. The van der Waals surface area contributed by atoms with Gasteiger partial charge in [-0.15, -0.1) is 0 Å². The Morgan fingerprint density at radius 3 is 2.46 bits per heavy atom. The summed E-state index contributed by atoms with van der Waals surface area (Å²) in [5.74, 6) is -1.80. The van der Waals surface area contributed by atoms with Crippen LogP contribution < -0.4 is 0 Å². The minimum absolute atomic E-state index is 0.0944. The summed E-state index contributed by atoms with van der Waals surface area (Å²) in [7, 11) is 0. The molecule has 6 heteroatoms. The molecule has 1 aromatic carbocycles. The highest BCUT2D eigenvalue weighted by Gasteiger charge is 2.19. The van der Waals surface area contributed by atoms with Gasteiger partial charge in [-0.3, -0.25) is 0 Å². The van der Waals surface area contributed by atoms with Crippen molar-refractivity contribution in [3.63, 3.8) is 0 Å². The van der Waals surface area contributed by atoms with Crippen molar-refractivity contribution in [2.45, 2.75) is 6.92 Å². The number of halogens is 3. The van der Waals surface area contributed by atoms with Gasteiger partial charge in [0.15, 0.2) is 17.2 Å². The highest BCUT2D eigenvalue weighted by molar-refractivity contribution is 14.1. The maximum absolute atomic E-state index is 13.1. The van der Waals surface area contributed by atoms with E-state index in [2.05, 4.69) is 14.9 Å². The summed E-state index contributed by atoms with van der Waals surface area (Å²) in [6.45, 7) is 1.43. The van der Waals surface area contributed by atoms with E-state index in [0.29, 0.717) is 0 Å². The van der Waals surface area contributed by atoms with Gasteiger partial charge in [-0.25, -0.2) is 13.4 Å². The number of hydrogen-bond acceptors (Lipinski definition) is 3. The third-order valence-corrected chi connectivity index (χ3v) is 2.75. The predicted octanol–water partition coefficient (Wildman–Crippen LogP) is 2.41. The summed E-state index contributed by atoms with van der Waals surface area (Å²) in [6, 6.07) is 0. The molecule has 0 amide bonds. The monoisotopic (exact) mass is 296 g/mol. The van der Waals surface area contributed by atoms with Crippen molar-refractivity contribution in [3.8, 4) is 0 Å². The standard InChI is InChI=1S/C7H3F2IN2O/c1-2-3(8)4(9)5(10)7-6(2)11-13-12-7/h1H3. The van der Waals surface area contributed by atoms with Gasteiger partial charge in [-0.1, -0.05) is 0 Å². The van der Waals surface area contributed by atoms with Crippen LogP contribution in [-0.2, 0) is 0 Å². The van der Waals surface area contributed by atoms with E-state index in [-0.39, 0.29) is 20.2 Å². The van der Waals surface area contributed by atoms with E-state index in [1.807, 2.05) is 0 Å². The van der Waals surface area contributed by atoms with E-state index in [0.717, 1.165) is 0 Å². The molecule has 0 bridgehead atoms. The third-order valence-electron chi connectivity index (χ3n) is 1.77. The van der Waals surface area contributed by atoms with Crippen LogP contribution in [0.4, 0.5) is 8.78 Å². The Labute approximate surface area is 85.2 Å². The quantitative estimate of drug-likeness (QED) is 0.553. The molecule has 68 valence electrons. The van der Waals surface area contributed by atoms with Crippen LogP contribution in [0.1, 0.15) is 5.56 Å². The van der Waals surface area contributed by atoms with Crippen LogP contribution in [0.25, 0.3) is 11.0 Å². The van der Waals surface area contributed by atoms with Gasteiger partial charge in [-0.2, -0.15) is 0 Å². The van der Waals surface area contributed by atoms with Crippen molar-refractivity contribution >= 4 is 33.6 Å². The van der Waals surface area contributed by atoms with Crippen molar-refractivity contribution in [2.75, 3.05) is 0 Å². The van der Waals surface area contributed by atoms with Crippen LogP contribution in [0.5, 0.6) is 0 Å². The fourth-order valence-corrected chi connectivity index (χ4v) is 1.64. The number of rotatable bonds is 0. The van der Waals surface area contributed by atoms with Gasteiger partial charge in [0.05, 0.1) is 3.57 Å². The maximum Gasteiger partial charge on any atom is 0.174 e. The van der Waals surface area contributed by atoms with Gasteiger partial charge >= 0.3 is 0 Å². The van der Waals surface area contributed by atoms with Gasteiger partial charge in [0.2, 0.25) is 0 Å². The first kappa shape index (κ1) is 8.79. The number of aromatic nitrogens is 2. The van der Waals surface area contributed by atoms with Crippen molar-refractivity contribution in [1.82, 2.24) is 10.3 Å². The first-order valence-electron chi connectivity index (χ1n) is 3.38. The summed E-state index contributed by atoms with van der Waals surface area (Å²) in [5.41, 5.74) is 0.648. The number of benzene rings is 1. The lowest BCUT2D eigenvalue weighted by molar-refractivity contribution is 0.315. The molecule has 0 radical (unpaired) electrons. The molecule has 0 fully saturated rings. The van der Waals surface area contributed by atoms with E-state index in [9.17, 15) is 8.78 Å². The van der Waals surface area contributed by atoms with E-state index in [1.165, 1.54) is 6.92 Å². The Morgan fingerprint density at radius 2 is 1.77 bits per heavy atom. The second kappa shape index (κ2) is 2.86. The number of nitrogens with zero attached hydrogens (tertiary/aromatic N) is 2. The predicted molar refractivity (Wildman–Crippen MR) is 49.2 cm³/mol. The molecule has 1 heterocycles. The zero-order valence-corrected chi connectivity index (χ0v) is 8.59.